The second kappa shape index (κ2) is 10.1. The number of aromatic nitrogens is 1. The summed E-state index contributed by atoms with van der Waals surface area (Å²) in [4.78, 5) is 18.6. The van der Waals surface area contributed by atoms with Crippen LogP contribution in [-0.2, 0) is 19.6 Å². The Kier molecular flexibility index (Phi) is 7.30. The van der Waals surface area contributed by atoms with E-state index in [4.69, 9.17) is 4.42 Å². The van der Waals surface area contributed by atoms with Gasteiger partial charge in [-0.3, -0.25) is 9.69 Å². The van der Waals surface area contributed by atoms with Crippen LogP contribution in [0.15, 0.2) is 59.2 Å². The number of halogens is 2. The van der Waals surface area contributed by atoms with Crippen LogP contribution in [0, 0.1) is 11.6 Å². The zero-order valence-electron chi connectivity index (χ0n) is 17.1. The fraction of sp³-hybridized carbons (Fsp3) is 0.304. The van der Waals surface area contributed by atoms with Gasteiger partial charge in [0, 0.05) is 19.1 Å². The normalized spacial score (nSPS) is 12.2. The van der Waals surface area contributed by atoms with E-state index in [1.807, 2.05) is 18.7 Å². The molecule has 0 saturated heterocycles. The molecule has 0 spiro atoms. The van der Waals surface area contributed by atoms with E-state index in [1.165, 1.54) is 30.5 Å². The van der Waals surface area contributed by atoms with E-state index in [0.29, 0.717) is 25.5 Å². The number of carbonyl (C=O) groups excluding carboxylic acids is 1. The first-order valence-corrected chi connectivity index (χ1v) is 9.89. The lowest BCUT2D eigenvalue weighted by atomic mass is 10.1. The molecule has 3 aromatic rings. The third-order valence-electron chi connectivity index (χ3n) is 4.77. The van der Waals surface area contributed by atoms with Gasteiger partial charge in [-0.15, -0.1) is 0 Å². The van der Waals surface area contributed by atoms with Crippen LogP contribution in [0.3, 0.4) is 0 Å². The summed E-state index contributed by atoms with van der Waals surface area (Å²) in [7, 11) is 0. The van der Waals surface area contributed by atoms with Crippen LogP contribution in [0.4, 0.5) is 8.78 Å². The van der Waals surface area contributed by atoms with Gasteiger partial charge in [0.2, 0.25) is 5.89 Å². The number of oxazole rings is 1. The summed E-state index contributed by atoms with van der Waals surface area (Å²) >= 11 is 0. The van der Waals surface area contributed by atoms with Gasteiger partial charge in [0.05, 0.1) is 6.54 Å². The number of benzene rings is 2. The lowest BCUT2D eigenvalue weighted by Gasteiger charge is -2.21. The molecule has 30 heavy (non-hydrogen) atoms. The van der Waals surface area contributed by atoms with Gasteiger partial charge in [-0.2, -0.15) is 0 Å². The van der Waals surface area contributed by atoms with E-state index in [0.717, 1.165) is 17.5 Å². The maximum atomic E-state index is 13.2. The summed E-state index contributed by atoms with van der Waals surface area (Å²) in [6.45, 7) is 5.27. The SMILES string of the molecule is CC[C@H](C)NC(=O)c1coc(CN(Cc2ccc(F)cc2)Cc2ccc(F)cc2)n1. The van der Waals surface area contributed by atoms with E-state index in [9.17, 15) is 13.6 Å². The molecule has 0 fully saturated rings. The predicted molar refractivity (Wildman–Crippen MR) is 109 cm³/mol. The number of hydrogen-bond donors (Lipinski definition) is 1. The summed E-state index contributed by atoms with van der Waals surface area (Å²) in [5.41, 5.74) is 2.06. The molecule has 1 amide bonds. The highest BCUT2D eigenvalue weighted by Gasteiger charge is 2.17. The largest absolute Gasteiger partial charge is 0.447 e. The Balaban J connectivity index is 1.73. The first-order chi connectivity index (χ1) is 14.4. The van der Waals surface area contributed by atoms with Gasteiger partial charge in [-0.05, 0) is 48.7 Å². The summed E-state index contributed by atoms with van der Waals surface area (Å²) in [6, 6.07) is 12.6. The summed E-state index contributed by atoms with van der Waals surface area (Å²) in [5.74, 6) is -0.474. The number of rotatable bonds is 9. The molecule has 1 N–H and O–H groups in total. The maximum absolute atomic E-state index is 13.2. The lowest BCUT2D eigenvalue weighted by Crippen LogP contribution is -2.32. The Labute approximate surface area is 174 Å². The van der Waals surface area contributed by atoms with Crippen molar-refractivity contribution in [2.24, 2.45) is 0 Å². The molecule has 1 heterocycles. The molecule has 0 aliphatic carbocycles. The molecule has 2 aromatic carbocycles. The number of hydrogen-bond acceptors (Lipinski definition) is 4. The quantitative estimate of drug-likeness (QED) is 0.553. The van der Waals surface area contributed by atoms with Crippen LogP contribution in [0.5, 0.6) is 0 Å². The molecule has 5 nitrogen and oxygen atoms in total. The molecule has 0 radical (unpaired) electrons. The first kappa shape index (κ1) is 21.6. The van der Waals surface area contributed by atoms with Crippen LogP contribution in [0.25, 0.3) is 0 Å². The van der Waals surface area contributed by atoms with E-state index < -0.39 is 0 Å². The Morgan fingerprint density at radius 1 is 1.00 bits per heavy atom. The molecule has 1 atom stereocenters. The second-order valence-corrected chi connectivity index (χ2v) is 7.31. The standard InChI is InChI=1S/C23H25F2N3O2/c1-3-16(2)26-23(29)21-15-30-22(27-21)14-28(12-17-4-8-19(24)9-5-17)13-18-6-10-20(25)11-7-18/h4-11,15-16H,3,12-14H2,1-2H3,(H,26,29)/t16-/m0/s1. The molecule has 0 unspecified atom stereocenters. The van der Waals surface area contributed by atoms with Gasteiger partial charge in [-0.25, -0.2) is 13.8 Å². The highest BCUT2D eigenvalue weighted by molar-refractivity contribution is 5.92. The maximum Gasteiger partial charge on any atom is 0.273 e. The fourth-order valence-corrected chi connectivity index (χ4v) is 2.94. The number of nitrogens with one attached hydrogen (secondary N) is 1. The van der Waals surface area contributed by atoms with E-state index >= 15 is 0 Å². The van der Waals surface area contributed by atoms with Crippen molar-refractivity contribution in [1.29, 1.82) is 0 Å². The van der Waals surface area contributed by atoms with Gasteiger partial charge in [-0.1, -0.05) is 31.2 Å². The van der Waals surface area contributed by atoms with Crippen molar-refractivity contribution in [3.63, 3.8) is 0 Å². The predicted octanol–water partition coefficient (Wildman–Crippen LogP) is 4.68. The van der Waals surface area contributed by atoms with Crippen molar-refractivity contribution in [3.8, 4) is 0 Å². The van der Waals surface area contributed by atoms with E-state index in [-0.39, 0.29) is 29.3 Å². The van der Waals surface area contributed by atoms with Gasteiger partial charge < -0.3 is 9.73 Å². The molecule has 3 rings (SSSR count). The smallest absolute Gasteiger partial charge is 0.273 e. The van der Waals surface area contributed by atoms with Gasteiger partial charge in [0.1, 0.15) is 17.9 Å². The van der Waals surface area contributed by atoms with Crippen molar-refractivity contribution in [3.05, 3.63) is 89.1 Å². The first-order valence-electron chi connectivity index (χ1n) is 9.89. The molecule has 7 heteroatoms. The van der Waals surface area contributed by atoms with Crippen molar-refractivity contribution >= 4 is 5.91 Å². The Hall–Kier alpha value is -3.06. The zero-order chi connectivity index (χ0) is 21.5. The number of nitrogens with zero attached hydrogens (tertiary/aromatic N) is 2. The minimum Gasteiger partial charge on any atom is -0.447 e. The molecule has 0 aliphatic rings. The average molecular weight is 413 g/mol. The van der Waals surface area contributed by atoms with E-state index in [1.54, 1.807) is 24.3 Å². The molecule has 158 valence electrons. The highest BCUT2D eigenvalue weighted by Crippen LogP contribution is 2.15. The van der Waals surface area contributed by atoms with Crippen molar-refractivity contribution in [2.45, 2.75) is 45.9 Å². The summed E-state index contributed by atoms with van der Waals surface area (Å²) < 4.78 is 32.0. The Bertz CT molecular complexity index is 908. The van der Waals surface area contributed by atoms with Crippen LogP contribution < -0.4 is 5.32 Å². The summed E-state index contributed by atoms with van der Waals surface area (Å²) in [6.07, 6.45) is 2.17. The third-order valence-corrected chi connectivity index (χ3v) is 4.77. The minimum absolute atomic E-state index is 0.0473. The summed E-state index contributed by atoms with van der Waals surface area (Å²) in [5, 5.41) is 2.86. The Morgan fingerprint density at radius 3 is 2.03 bits per heavy atom. The molecular weight excluding hydrogens is 388 g/mol. The zero-order valence-corrected chi connectivity index (χ0v) is 17.1. The topological polar surface area (TPSA) is 58.4 Å². The van der Waals surface area contributed by atoms with Crippen molar-refractivity contribution in [2.75, 3.05) is 0 Å². The van der Waals surface area contributed by atoms with Crippen LogP contribution in [-0.4, -0.2) is 21.8 Å². The third kappa shape index (κ3) is 6.22. The van der Waals surface area contributed by atoms with Gasteiger partial charge in [0.25, 0.3) is 5.91 Å². The number of amides is 1. The van der Waals surface area contributed by atoms with E-state index in [2.05, 4.69) is 10.3 Å². The highest BCUT2D eigenvalue weighted by atomic mass is 19.1. The minimum atomic E-state index is -0.298. The van der Waals surface area contributed by atoms with Crippen molar-refractivity contribution in [1.82, 2.24) is 15.2 Å². The van der Waals surface area contributed by atoms with Crippen molar-refractivity contribution < 1.29 is 18.0 Å². The molecule has 0 aliphatic heterocycles. The molecule has 0 saturated carbocycles. The van der Waals surface area contributed by atoms with Crippen LogP contribution in [0.1, 0.15) is 47.8 Å². The molecule has 0 bridgehead atoms. The number of carbonyl (C=O) groups is 1. The fourth-order valence-electron chi connectivity index (χ4n) is 2.94. The molecule has 1 aromatic heterocycles. The monoisotopic (exact) mass is 413 g/mol. The van der Waals surface area contributed by atoms with Crippen LogP contribution in [0.2, 0.25) is 0 Å². The molecular formula is C23H25F2N3O2. The van der Waals surface area contributed by atoms with Gasteiger partial charge >= 0.3 is 0 Å². The van der Waals surface area contributed by atoms with Crippen LogP contribution >= 0.6 is 0 Å². The second-order valence-electron chi connectivity index (χ2n) is 7.31. The van der Waals surface area contributed by atoms with Gasteiger partial charge in [0.15, 0.2) is 5.69 Å². The Morgan fingerprint density at radius 2 is 1.53 bits per heavy atom. The average Bonchev–Trinajstić information content (AvgIpc) is 3.20. The lowest BCUT2D eigenvalue weighted by molar-refractivity contribution is 0.0934.